The van der Waals surface area contributed by atoms with E-state index >= 15 is 0 Å². The molecule has 2 aromatic carbocycles. The lowest BCUT2D eigenvalue weighted by atomic mass is 10.0. The molecular weight excluding hydrogens is 336 g/mol. The number of aliphatic hydroxyl groups is 3. The van der Waals surface area contributed by atoms with Gasteiger partial charge in [0.05, 0.1) is 19.8 Å². The number of rotatable bonds is 6. The van der Waals surface area contributed by atoms with E-state index in [0.29, 0.717) is 12.2 Å². The van der Waals surface area contributed by atoms with Crippen LogP contribution in [0.3, 0.4) is 0 Å². The second-order valence-electron chi connectivity index (χ2n) is 6.33. The fourth-order valence-electron chi connectivity index (χ4n) is 3.01. The van der Waals surface area contributed by atoms with Crippen molar-refractivity contribution in [1.82, 2.24) is 0 Å². The summed E-state index contributed by atoms with van der Waals surface area (Å²) in [6.07, 6.45) is -2.91. The first-order chi connectivity index (χ1) is 12.6. The van der Waals surface area contributed by atoms with Gasteiger partial charge in [-0.3, -0.25) is 0 Å². The molecule has 1 aliphatic rings. The Hall–Kier alpha value is -2.12. The van der Waals surface area contributed by atoms with E-state index in [1.165, 1.54) is 0 Å². The van der Waals surface area contributed by atoms with Gasteiger partial charge in [-0.2, -0.15) is 0 Å². The van der Waals surface area contributed by atoms with Crippen molar-refractivity contribution in [2.75, 3.05) is 13.7 Å². The Kier molecular flexibility index (Phi) is 6.11. The Morgan fingerprint density at radius 2 is 1.81 bits per heavy atom. The molecule has 0 saturated carbocycles. The third-order valence-corrected chi connectivity index (χ3v) is 4.50. The number of para-hydroxylation sites is 1. The Morgan fingerprint density at radius 1 is 1.08 bits per heavy atom. The molecule has 6 nitrogen and oxygen atoms in total. The summed E-state index contributed by atoms with van der Waals surface area (Å²) in [5.41, 5.74) is 2.08. The first-order valence-electron chi connectivity index (χ1n) is 8.60. The van der Waals surface area contributed by atoms with Crippen molar-refractivity contribution in [2.45, 2.75) is 37.4 Å². The molecule has 6 heteroatoms. The molecule has 140 valence electrons. The quantitative estimate of drug-likeness (QED) is 0.723. The minimum atomic E-state index is -1.12. The van der Waals surface area contributed by atoms with Crippen molar-refractivity contribution >= 4 is 0 Å². The van der Waals surface area contributed by atoms with Crippen molar-refractivity contribution < 1.29 is 29.5 Å². The van der Waals surface area contributed by atoms with Crippen LogP contribution in [0.5, 0.6) is 11.5 Å². The average molecular weight is 360 g/mol. The Labute approximate surface area is 152 Å². The van der Waals surface area contributed by atoms with E-state index in [0.717, 1.165) is 16.9 Å². The van der Waals surface area contributed by atoms with Crippen molar-refractivity contribution in [2.24, 2.45) is 0 Å². The Morgan fingerprint density at radius 3 is 2.50 bits per heavy atom. The summed E-state index contributed by atoms with van der Waals surface area (Å²) < 4.78 is 16.7. The van der Waals surface area contributed by atoms with Gasteiger partial charge in [-0.1, -0.05) is 30.3 Å². The van der Waals surface area contributed by atoms with E-state index in [-0.39, 0.29) is 13.0 Å². The number of ether oxygens (including phenoxy) is 3. The van der Waals surface area contributed by atoms with Crippen LogP contribution in [0.25, 0.3) is 0 Å². The van der Waals surface area contributed by atoms with Gasteiger partial charge >= 0.3 is 0 Å². The number of aliphatic hydroxyl groups excluding tert-OH is 3. The Bertz CT molecular complexity index is 702. The molecule has 2 aromatic rings. The number of benzene rings is 2. The molecule has 3 N–H and O–H groups in total. The second-order valence-corrected chi connectivity index (χ2v) is 6.33. The van der Waals surface area contributed by atoms with Gasteiger partial charge < -0.3 is 29.5 Å². The lowest BCUT2D eigenvalue weighted by Crippen LogP contribution is -2.51. The van der Waals surface area contributed by atoms with Gasteiger partial charge in [0, 0.05) is 12.8 Å². The molecule has 0 aromatic heterocycles. The summed E-state index contributed by atoms with van der Waals surface area (Å²) in [5.74, 6) is 1.45. The van der Waals surface area contributed by atoms with Crippen LogP contribution >= 0.6 is 0 Å². The van der Waals surface area contributed by atoms with Crippen molar-refractivity contribution in [3.8, 4) is 11.5 Å². The van der Waals surface area contributed by atoms with E-state index in [1.807, 2.05) is 48.5 Å². The fourth-order valence-corrected chi connectivity index (χ4v) is 3.01. The fraction of sp³-hybridized carbons (Fsp3) is 0.400. The summed E-state index contributed by atoms with van der Waals surface area (Å²) in [6.45, 7) is -0.383. The summed E-state index contributed by atoms with van der Waals surface area (Å²) in [6, 6.07) is 15.4. The van der Waals surface area contributed by atoms with Gasteiger partial charge in [0.15, 0.2) is 0 Å². The van der Waals surface area contributed by atoms with Crippen molar-refractivity contribution in [3.05, 3.63) is 59.7 Å². The maximum absolute atomic E-state index is 9.95. The molecule has 0 bridgehead atoms. The van der Waals surface area contributed by atoms with Crippen LogP contribution in [0.2, 0.25) is 0 Å². The van der Waals surface area contributed by atoms with Crippen LogP contribution in [-0.2, 0) is 11.2 Å². The normalized spacial score (nSPS) is 25.7. The van der Waals surface area contributed by atoms with Gasteiger partial charge in [-0.05, 0) is 29.3 Å². The predicted molar refractivity (Wildman–Crippen MR) is 95.2 cm³/mol. The molecule has 1 fully saturated rings. The summed E-state index contributed by atoms with van der Waals surface area (Å²) >= 11 is 0. The van der Waals surface area contributed by atoms with Gasteiger partial charge in [0.25, 0.3) is 0 Å². The van der Waals surface area contributed by atoms with Crippen LogP contribution in [-0.4, -0.2) is 53.6 Å². The highest BCUT2D eigenvalue weighted by Crippen LogP contribution is 2.27. The van der Waals surface area contributed by atoms with Crippen molar-refractivity contribution in [3.63, 3.8) is 0 Å². The van der Waals surface area contributed by atoms with E-state index < -0.39 is 24.6 Å². The first kappa shape index (κ1) is 18.7. The number of hydrogen-bond acceptors (Lipinski definition) is 6. The molecule has 26 heavy (non-hydrogen) atoms. The number of hydrogen-bond donors (Lipinski definition) is 3. The van der Waals surface area contributed by atoms with Gasteiger partial charge in [-0.25, -0.2) is 0 Å². The van der Waals surface area contributed by atoms with Crippen molar-refractivity contribution in [1.29, 1.82) is 0 Å². The van der Waals surface area contributed by atoms with Crippen LogP contribution < -0.4 is 9.47 Å². The molecule has 0 unspecified atom stereocenters. The zero-order valence-electron chi connectivity index (χ0n) is 14.6. The molecule has 0 aliphatic carbocycles. The summed E-state index contributed by atoms with van der Waals surface area (Å²) in [4.78, 5) is 0. The smallest absolute Gasteiger partial charge is 0.202 e. The molecule has 4 atom stereocenters. The zero-order valence-corrected chi connectivity index (χ0v) is 14.6. The zero-order chi connectivity index (χ0) is 18.5. The standard InChI is InChI=1S/C20H24O6/c1-24-15-8-6-13(7-9-15)10-14-4-2-3-5-17(14)25-19-11-16(22)20(23)18(12-21)26-19/h2-9,16,18-23H,10-12H2,1H3/t16-,18-,19-,20+/m1/s1. The SMILES string of the molecule is COc1ccc(Cc2ccccc2O[C@H]2C[C@@H](O)[C@H](O)[C@@H](CO)O2)cc1. The third kappa shape index (κ3) is 4.34. The molecular formula is C20H24O6. The minimum Gasteiger partial charge on any atom is -0.497 e. The highest BCUT2D eigenvalue weighted by atomic mass is 16.7. The van der Waals surface area contributed by atoms with E-state index in [4.69, 9.17) is 14.2 Å². The van der Waals surface area contributed by atoms with E-state index in [1.54, 1.807) is 7.11 Å². The average Bonchev–Trinajstić information content (AvgIpc) is 2.66. The first-order valence-corrected chi connectivity index (χ1v) is 8.60. The number of methoxy groups -OCH3 is 1. The molecule has 1 aliphatic heterocycles. The van der Waals surface area contributed by atoms with E-state index in [9.17, 15) is 15.3 Å². The Balaban J connectivity index is 1.72. The van der Waals surface area contributed by atoms with Crippen LogP contribution in [0.15, 0.2) is 48.5 Å². The van der Waals surface area contributed by atoms with Crippen LogP contribution in [0, 0.1) is 0 Å². The molecule has 1 heterocycles. The summed E-state index contributed by atoms with van der Waals surface area (Å²) in [7, 11) is 1.63. The molecule has 0 radical (unpaired) electrons. The lowest BCUT2D eigenvalue weighted by molar-refractivity contribution is -0.230. The maximum Gasteiger partial charge on any atom is 0.202 e. The molecule has 1 saturated heterocycles. The second kappa shape index (κ2) is 8.51. The minimum absolute atomic E-state index is 0.133. The van der Waals surface area contributed by atoms with Crippen LogP contribution in [0.4, 0.5) is 0 Å². The molecule has 3 rings (SSSR count). The highest BCUT2D eigenvalue weighted by Gasteiger charge is 2.37. The predicted octanol–water partition coefficient (Wildman–Crippen LogP) is 1.49. The topological polar surface area (TPSA) is 88.4 Å². The largest absolute Gasteiger partial charge is 0.497 e. The van der Waals surface area contributed by atoms with Gasteiger partial charge in [0.2, 0.25) is 6.29 Å². The molecule has 0 amide bonds. The summed E-state index contributed by atoms with van der Waals surface area (Å²) in [5, 5.41) is 29.1. The third-order valence-electron chi connectivity index (χ3n) is 4.50. The highest BCUT2D eigenvalue weighted by molar-refractivity contribution is 5.39. The van der Waals surface area contributed by atoms with Crippen LogP contribution in [0.1, 0.15) is 17.5 Å². The maximum atomic E-state index is 9.95. The van der Waals surface area contributed by atoms with Gasteiger partial charge in [0.1, 0.15) is 23.7 Å². The molecule has 0 spiro atoms. The van der Waals surface area contributed by atoms with Gasteiger partial charge in [-0.15, -0.1) is 0 Å². The van der Waals surface area contributed by atoms with E-state index in [2.05, 4.69) is 0 Å². The lowest BCUT2D eigenvalue weighted by Gasteiger charge is -2.36. The monoisotopic (exact) mass is 360 g/mol.